The second-order valence-corrected chi connectivity index (χ2v) is 11.2. The van der Waals surface area contributed by atoms with Crippen LogP contribution >= 0.6 is 11.6 Å². The van der Waals surface area contributed by atoms with Crippen molar-refractivity contribution in [2.24, 2.45) is 0 Å². The molecule has 2 aliphatic rings. The van der Waals surface area contributed by atoms with Crippen molar-refractivity contribution in [2.75, 3.05) is 12.8 Å². The first-order valence-corrected chi connectivity index (χ1v) is 12.9. The Balaban J connectivity index is 1.71. The van der Waals surface area contributed by atoms with Crippen LogP contribution in [0.2, 0.25) is 5.02 Å². The average molecular weight is 483 g/mol. The van der Waals surface area contributed by atoms with Crippen molar-refractivity contribution < 1.29 is 13.5 Å². The number of hydrogen-bond acceptors (Lipinski definition) is 5. The van der Waals surface area contributed by atoms with E-state index in [1.165, 1.54) is 10.6 Å². The molecule has 0 saturated heterocycles. The Morgan fingerprint density at radius 1 is 1.24 bits per heavy atom. The summed E-state index contributed by atoms with van der Waals surface area (Å²) in [5.74, 6) is 0. The fraction of sp³-hybridized carbons (Fsp3) is 0.333. The first-order chi connectivity index (χ1) is 15.7. The van der Waals surface area contributed by atoms with Gasteiger partial charge in [0, 0.05) is 47.8 Å². The van der Waals surface area contributed by atoms with Crippen LogP contribution in [0.3, 0.4) is 0 Å². The fourth-order valence-electron chi connectivity index (χ4n) is 5.07. The second kappa shape index (κ2) is 7.96. The van der Waals surface area contributed by atoms with Gasteiger partial charge in [0.25, 0.3) is 0 Å². The molecular formula is C24H23ClN4O3S. The lowest BCUT2D eigenvalue weighted by Gasteiger charge is -2.27. The third kappa shape index (κ3) is 3.75. The lowest BCUT2D eigenvalue weighted by Crippen LogP contribution is -2.36. The van der Waals surface area contributed by atoms with Crippen molar-refractivity contribution in [2.45, 2.75) is 38.5 Å². The van der Waals surface area contributed by atoms with E-state index >= 15 is 0 Å². The molecule has 0 amide bonds. The number of hydrogen-bond donors (Lipinski definition) is 1. The molecule has 2 atom stereocenters. The highest BCUT2D eigenvalue weighted by molar-refractivity contribution is 7.88. The Hall–Kier alpha value is -2.70. The minimum atomic E-state index is -3.38. The molecule has 33 heavy (non-hydrogen) atoms. The maximum absolute atomic E-state index is 12.3. The van der Waals surface area contributed by atoms with E-state index in [1.807, 2.05) is 29.8 Å². The summed E-state index contributed by atoms with van der Waals surface area (Å²) < 4.78 is 27.9. The van der Waals surface area contributed by atoms with E-state index in [-0.39, 0.29) is 6.54 Å². The number of aliphatic hydroxyl groups excluding tert-OH is 1. The molecule has 1 aromatic heterocycles. The van der Waals surface area contributed by atoms with E-state index in [0.717, 1.165) is 33.5 Å². The molecule has 2 aromatic carbocycles. The monoisotopic (exact) mass is 482 g/mol. The van der Waals surface area contributed by atoms with Crippen LogP contribution in [0.5, 0.6) is 0 Å². The zero-order chi connectivity index (χ0) is 23.5. The molecule has 1 aliphatic heterocycles. The molecule has 0 spiro atoms. The average Bonchev–Trinajstić information content (AvgIpc) is 3.30. The van der Waals surface area contributed by atoms with Crippen LogP contribution < -0.4 is 0 Å². The normalized spacial score (nSPS) is 20.3. The second-order valence-electron chi connectivity index (χ2n) is 8.76. The van der Waals surface area contributed by atoms with Gasteiger partial charge in [0.05, 0.1) is 29.7 Å². The van der Waals surface area contributed by atoms with Gasteiger partial charge < -0.3 is 5.11 Å². The molecule has 170 valence electrons. The van der Waals surface area contributed by atoms with Crippen molar-refractivity contribution in [1.82, 2.24) is 14.1 Å². The highest BCUT2D eigenvalue weighted by Gasteiger charge is 2.39. The van der Waals surface area contributed by atoms with Gasteiger partial charge in [0.2, 0.25) is 10.0 Å². The van der Waals surface area contributed by atoms with E-state index in [1.54, 1.807) is 18.2 Å². The SMILES string of the molecule is Cc1cc(Cl)cc2c1CC(O)C2n1nc(-c2cccc(C#N)c2)c2c1CCN(S(C)(=O)=O)C2. The van der Waals surface area contributed by atoms with Crippen LogP contribution in [0.15, 0.2) is 36.4 Å². The van der Waals surface area contributed by atoms with Crippen LogP contribution in [0.4, 0.5) is 0 Å². The molecule has 2 heterocycles. The van der Waals surface area contributed by atoms with E-state index in [4.69, 9.17) is 16.7 Å². The van der Waals surface area contributed by atoms with E-state index < -0.39 is 22.2 Å². The molecule has 3 aromatic rings. The van der Waals surface area contributed by atoms with E-state index in [2.05, 4.69) is 6.07 Å². The minimum Gasteiger partial charge on any atom is -0.390 e. The summed E-state index contributed by atoms with van der Waals surface area (Å²) in [5.41, 5.74) is 6.64. The van der Waals surface area contributed by atoms with Gasteiger partial charge in [0.1, 0.15) is 6.04 Å². The molecule has 0 bridgehead atoms. The number of halogens is 1. The first kappa shape index (κ1) is 22.1. The lowest BCUT2D eigenvalue weighted by atomic mass is 10.00. The topological polar surface area (TPSA) is 99.2 Å². The van der Waals surface area contributed by atoms with Gasteiger partial charge in [-0.1, -0.05) is 23.7 Å². The van der Waals surface area contributed by atoms with Crippen molar-refractivity contribution in [3.05, 3.63) is 74.9 Å². The van der Waals surface area contributed by atoms with Gasteiger partial charge in [-0.2, -0.15) is 14.7 Å². The van der Waals surface area contributed by atoms with Crippen LogP contribution in [-0.4, -0.2) is 46.5 Å². The molecule has 5 rings (SSSR count). The summed E-state index contributed by atoms with van der Waals surface area (Å²) in [6.45, 7) is 2.53. The smallest absolute Gasteiger partial charge is 0.211 e. The first-order valence-electron chi connectivity index (χ1n) is 10.7. The maximum Gasteiger partial charge on any atom is 0.211 e. The fourth-order valence-corrected chi connectivity index (χ4v) is 6.13. The Kier molecular flexibility index (Phi) is 5.33. The van der Waals surface area contributed by atoms with Crippen LogP contribution in [0.25, 0.3) is 11.3 Å². The number of aryl methyl sites for hydroxylation is 1. The highest BCUT2D eigenvalue weighted by Crippen LogP contribution is 2.41. The zero-order valence-electron chi connectivity index (χ0n) is 18.3. The summed E-state index contributed by atoms with van der Waals surface area (Å²) in [7, 11) is -3.38. The molecule has 1 aliphatic carbocycles. The zero-order valence-corrected chi connectivity index (χ0v) is 19.9. The number of nitrogens with zero attached hydrogens (tertiary/aromatic N) is 4. The third-order valence-corrected chi connectivity index (χ3v) is 8.09. The van der Waals surface area contributed by atoms with Crippen molar-refractivity contribution in [3.63, 3.8) is 0 Å². The maximum atomic E-state index is 12.3. The van der Waals surface area contributed by atoms with Crippen LogP contribution in [0.1, 0.15) is 39.6 Å². The van der Waals surface area contributed by atoms with Crippen molar-refractivity contribution >= 4 is 21.6 Å². The Morgan fingerprint density at radius 3 is 2.76 bits per heavy atom. The molecule has 0 saturated carbocycles. The lowest BCUT2D eigenvalue weighted by molar-refractivity contribution is 0.136. The Morgan fingerprint density at radius 2 is 2.03 bits per heavy atom. The summed E-state index contributed by atoms with van der Waals surface area (Å²) >= 11 is 6.36. The number of nitriles is 1. The van der Waals surface area contributed by atoms with E-state index in [0.29, 0.717) is 35.7 Å². The summed E-state index contributed by atoms with van der Waals surface area (Å²) in [6, 6.07) is 12.7. The molecule has 0 fully saturated rings. The van der Waals surface area contributed by atoms with Gasteiger partial charge in [-0.05, 0) is 47.9 Å². The standard InChI is InChI=1S/C24H23ClN4O3S/c1-14-8-17(25)10-19-18(14)11-22(30)24(19)29-21-6-7-28(33(2,31)32)13-20(21)23(27-29)16-5-3-4-15(9-16)12-26/h3-5,8-10,22,24,30H,6-7,11,13H2,1-2H3. The summed E-state index contributed by atoms with van der Waals surface area (Å²) in [5, 5.41) is 26.0. The number of benzene rings is 2. The number of aromatic nitrogens is 2. The van der Waals surface area contributed by atoms with Crippen LogP contribution in [0, 0.1) is 18.3 Å². The summed E-state index contributed by atoms with van der Waals surface area (Å²) in [4.78, 5) is 0. The number of aliphatic hydroxyl groups is 1. The predicted molar refractivity (Wildman–Crippen MR) is 125 cm³/mol. The molecule has 2 unspecified atom stereocenters. The Bertz CT molecular complexity index is 1420. The van der Waals surface area contributed by atoms with Gasteiger partial charge in [0.15, 0.2) is 0 Å². The van der Waals surface area contributed by atoms with Gasteiger partial charge in [-0.25, -0.2) is 8.42 Å². The van der Waals surface area contributed by atoms with Crippen molar-refractivity contribution in [3.8, 4) is 17.3 Å². The van der Waals surface area contributed by atoms with Crippen molar-refractivity contribution in [1.29, 1.82) is 5.26 Å². The third-order valence-electron chi connectivity index (χ3n) is 6.62. The largest absolute Gasteiger partial charge is 0.390 e. The molecule has 7 nitrogen and oxygen atoms in total. The number of sulfonamides is 1. The van der Waals surface area contributed by atoms with Crippen LogP contribution in [-0.2, 0) is 29.4 Å². The number of rotatable bonds is 3. The minimum absolute atomic E-state index is 0.199. The van der Waals surface area contributed by atoms with E-state index in [9.17, 15) is 18.8 Å². The molecule has 1 N–H and O–H groups in total. The molecule has 0 radical (unpaired) electrons. The quantitative estimate of drug-likeness (QED) is 0.618. The van der Waals surface area contributed by atoms with Gasteiger partial charge >= 0.3 is 0 Å². The summed E-state index contributed by atoms with van der Waals surface area (Å²) in [6.07, 6.45) is 1.52. The molecule has 9 heteroatoms. The predicted octanol–water partition coefficient (Wildman–Crippen LogP) is 3.21. The number of fused-ring (bicyclic) bond motifs is 2. The molecular weight excluding hydrogens is 460 g/mol. The van der Waals surface area contributed by atoms with Gasteiger partial charge in [-0.3, -0.25) is 4.68 Å². The highest BCUT2D eigenvalue weighted by atomic mass is 35.5. The van der Waals surface area contributed by atoms with Gasteiger partial charge in [-0.15, -0.1) is 0 Å². The Labute approximate surface area is 197 Å².